The lowest BCUT2D eigenvalue weighted by molar-refractivity contribution is -0.143. The Kier molecular flexibility index (Phi) is 6.98. The lowest BCUT2D eigenvalue weighted by atomic mass is 10.1. The van der Waals surface area contributed by atoms with Gasteiger partial charge < -0.3 is 14.7 Å². The smallest absolute Gasteiger partial charge is 0.242 e. The minimum atomic E-state index is -0.133. The predicted molar refractivity (Wildman–Crippen MR) is 140 cm³/mol. The van der Waals surface area contributed by atoms with Gasteiger partial charge in [0.25, 0.3) is 0 Å². The molecule has 0 bridgehead atoms. The van der Waals surface area contributed by atoms with E-state index in [2.05, 4.69) is 46.3 Å². The van der Waals surface area contributed by atoms with Gasteiger partial charge in [0.15, 0.2) is 5.82 Å². The van der Waals surface area contributed by atoms with E-state index in [0.717, 1.165) is 35.5 Å². The number of anilines is 1. The van der Waals surface area contributed by atoms with Gasteiger partial charge >= 0.3 is 0 Å². The van der Waals surface area contributed by atoms with Crippen LogP contribution in [0.15, 0.2) is 66.7 Å². The molecule has 186 valence electrons. The molecule has 3 aromatic rings. The fourth-order valence-corrected chi connectivity index (χ4v) is 4.68. The molecule has 0 unspecified atom stereocenters. The van der Waals surface area contributed by atoms with Crippen LogP contribution in [-0.4, -0.2) is 64.5 Å². The Morgan fingerprint density at radius 3 is 2.22 bits per heavy atom. The summed E-state index contributed by atoms with van der Waals surface area (Å²) in [6.07, 6.45) is 1.85. The molecular formula is C29H33N5O2. The van der Waals surface area contributed by atoms with Crippen molar-refractivity contribution >= 4 is 17.6 Å². The first kappa shape index (κ1) is 24.0. The molecule has 1 atom stereocenters. The minimum Gasteiger partial charge on any atom is -0.352 e. The molecule has 1 aliphatic heterocycles. The van der Waals surface area contributed by atoms with Gasteiger partial charge in [0.2, 0.25) is 11.8 Å². The lowest BCUT2D eigenvalue weighted by Gasteiger charge is -2.37. The molecule has 1 saturated heterocycles. The Labute approximate surface area is 212 Å². The molecule has 36 heavy (non-hydrogen) atoms. The molecule has 0 radical (unpaired) electrons. The van der Waals surface area contributed by atoms with Gasteiger partial charge in [-0.25, -0.2) is 0 Å². The summed E-state index contributed by atoms with van der Waals surface area (Å²) >= 11 is 0. The van der Waals surface area contributed by atoms with Gasteiger partial charge in [-0.1, -0.05) is 60.2 Å². The number of aryl methyl sites for hydroxylation is 1. The number of piperazine rings is 1. The fourth-order valence-electron chi connectivity index (χ4n) is 4.68. The summed E-state index contributed by atoms with van der Waals surface area (Å²) in [6.45, 7) is 6.78. The van der Waals surface area contributed by atoms with Gasteiger partial charge in [-0.15, -0.1) is 10.2 Å². The van der Waals surface area contributed by atoms with E-state index in [9.17, 15) is 9.59 Å². The second-order valence-corrected chi connectivity index (χ2v) is 9.84. The van der Waals surface area contributed by atoms with Crippen molar-refractivity contribution in [1.29, 1.82) is 0 Å². The third kappa shape index (κ3) is 5.40. The van der Waals surface area contributed by atoms with E-state index in [1.165, 1.54) is 5.56 Å². The van der Waals surface area contributed by atoms with Crippen molar-refractivity contribution in [3.63, 3.8) is 0 Å². The van der Waals surface area contributed by atoms with Gasteiger partial charge in [-0.05, 0) is 44.4 Å². The summed E-state index contributed by atoms with van der Waals surface area (Å²) < 4.78 is 0. The number of hydrogen-bond donors (Lipinski definition) is 0. The summed E-state index contributed by atoms with van der Waals surface area (Å²) in [5, 5.41) is 8.87. The summed E-state index contributed by atoms with van der Waals surface area (Å²) in [4.78, 5) is 32.1. The maximum Gasteiger partial charge on any atom is 0.242 e. The second kappa shape index (κ2) is 10.5. The molecule has 7 heteroatoms. The van der Waals surface area contributed by atoms with E-state index in [0.29, 0.717) is 26.2 Å². The topological polar surface area (TPSA) is 69.6 Å². The number of nitrogens with zero attached hydrogens (tertiary/aromatic N) is 5. The van der Waals surface area contributed by atoms with Crippen LogP contribution in [0.25, 0.3) is 11.3 Å². The van der Waals surface area contributed by atoms with E-state index in [1.807, 2.05) is 54.3 Å². The second-order valence-electron chi connectivity index (χ2n) is 9.84. The molecule has 5 rings (SSSR count). The average molecular weight is 484 g/mol. The van der Waals surface area contributed by atoms with Gasteiger partial charge in [0, 0.05) is 37.7 Å². The van der Waals surface area contributed by atoms with Crippen molar-refractivity contribution in [3.8, 4) is 11.3 Å². The third-order valence-electron chi connectivity index (χ3n) is 7.22. The van der Waals surface area contributed by atoms with E-state index in [-0.39, 0.29) is 30.3 Å². The van der Waals surface area contributed by atoms with Crippen LogP contribution in [0.4, 0.5) is 5.82 Å². The maximum atomic E-state index is 13.2. The van der Waals surface area contributed by atoms with E-state index < -0.39 is 0 Å². The van der Waals surface area contributed by atoms with Crippen molar-refractivity contribution in [3.05, 3.63) is 77.9 Å². The van der Waals surface area contributed by atoms with Gasteiger partial charge in [-0.3, -0.25) is 9.59 Å². The highest BCUT2D eigenvalue weighted by Gasteiger charge is 2.37. The largest absolute Gasteiger partial charge is 0.352 e. The molecular weight excluding hydrogens is 450 g/mol. The van der Waals surface area contributed by atoms with Gasteiger partial charge in [-0.2, -0.15) is 0 Å². The molecule has 2 fully saturated rings. The molecule has 7 nitrogen and oxygen atoms in total. The zero-order valence-corrected chi connectivity index (χ0v) is 21.0. The molecule has 2 heterocycles. The summed E-state index contributed by atoms with van der Waals surface area (Å²) in [7, 11) is 0. The van der Waals surface area contributed by atoms with Crippen molar-refractivity contribution < 1.29 is 9.59 Å². The molecule has 1 saturated carbocycles. The fraction of sp³-hybridized carbons (Fsp3) is 0.379. The number of amides is 2. The van der Waals surface area contributed by atoms with Crippen LogP contribution in [0.5, 0.6) is 0 Å². The summed E-state index contributed by atoms with van der Waals surface area (Å²) in [5.74, 6) is 0.998. The van der Waals surface area contributed by atoms with Crippen LogP contribution >= 0.6 is 0 Å². The highest BCUT2D eigenvalue weighted by atomic mass is 16.2. The highest BCUT2D eigenvalue weighted by molar-refractivity contribution is 5.87. The predicted octanol–water partition coefficient (Wildman–Crippen LogP) is 4.10. The number of aromatic nitrogens is 2. The van der Waals surface area contributed by atoms with Crippen molar-refractivity contribution in [2.24, 2.45) is 5.92 Å². The molecule has 2 amide bonds. The minimum absolute atomic E-state index is 0.00670. The number of hydrogen-bond acceptors (Lipinski definition) is 5. The molecule has 1 aromatic heterocycles. The lowest BCUT2D eigenvalue weighted by Crippen LogP contribution is -2.52. The van der Waals surface area contributed by atoms with E-state index >= 15 is 0 Å². The summed E-state index contributed by atoms with van der Waals surface area (Å²) in [5.41, 5.74) is 4.16. The molecule has 0 spiro atoms. The first-order valence-corrected chi connectivity index (χ1v) is 12.8. The molecule has 0 N–H and O–H groups in total. The molecule has 1 aliphatic carbocycles. The Morgan fingerprint density at radius 1 is 0.917 bits per heavy atom. The Bertz CT molecular complexity index is 1180. The van der Waals surface area contributed by atoms with Crippen molar-refractivity contribution in [2.75, 3.05) is 37.6 Å². The standard InChI is InChI=1S/C29H33N5O2/c1-21-8-10-24(11-9-21)26-14-15-27(31-30-26)32-16-18-33(19-17-32)28(35)20-34(29(36)25-12-13-25)22(2)23-6-4-3-5-7-23/h3-11,14-15,22,25H,12-13,16-20H2,1-2H3/t22-/m0/s1. The van der Waals surface area contributed by atoms with E-state index in [1.54, 1.807) is 4.90 Å². The SMILES string of the molecule is Cc1ccc(-c2ccc(N3CCN(C(=O)CN(C(=O)C4CC4)[C@@H](C)c4ccccc4)CC3)nn2)cc1. The number of benzene rings is 2. The number of carbonyl (C=O) groups is 2. The number of carbonyl (C=O) groups excluding carboxylic acids is 2. The highest BCUT2D eigenvalue weighted by Crippen LogP contribution is 2.34. The number of rotatable bonds is 7. The van der Waals surface area contributed by atoms with Crippen LogP contribution in [0.2, 0.25) is 0 Å². The molecule has 2 aromatic carbocycles. The van der Waals surface area contributed by atoms with E-state index in [4.69, 9.17) is 0 Å². The third-order valence-corrected chi connectivity index (χ3v) is 7.22. The van der Waals surface area contributed by atoms with Gasteiger partial charge in [0.05, 0.1) is 11.7 Å². The van der Waals surface area contributed by atoms with Crippen molar-refractivity contribution in [2.45, 2.75) is 32.7 Å². The van der Waals surface area contributed by atoms with Crippen LogP contribution in [0.3, 0.4) is 0 Å². The first-order valence-electron chi connectivity index (χ1n) is 12.8. The van der Waals surface area contributed by atoms with Crippen LogP contribution in [0, 0.1) is 12.8 Å². The van der Waals surface area contributed by atoms with Gasteiger partial charge in [0.1, 0.15) is 6.54 Å². The van der Waals surface area contributed by atoms with Crippen LogP contribution in [0.1, 0.15) is 36.9 Å². The maximum absolute atomic E-state index is 13.2. The first-order chi connectivity index (χ1) is 17.5. The average Bonchev–Trinajstić information content (AvgIpc) is 3.78. The van der Waals surface area contributed by atoms with Crippen LogP contribution < -0.4 is 4.90 Å². The Hall–Kier alpha value is -3.74. The van der Waals surface area contributed by atoms with Crippen molar-refractivity contribution in [1.82, 2.24) is 20.0 Å². The zero-order chi connectivity index (χ0) is 25.1. The quantitative estimate of drug-likeness (QED) is 0.506. The Morgan fingerprint density at radius 2 is 1.61 bits per heavy atom. The Balaban J connectivity index is 1.19. The zero-order valence-electron chi connectivity index (χ0n) is 21.0. The normalized spacial score (nSPS) is 16.5. The molecule has 2 aliphatic rings. The van der Waals surface area contributed by atoms with Crippen LogP contribution in [-0.2, 0) is 9.59 Å². The summed E-state index contributed by atoms with van der Waals surface area (Å²) in [6, 6.07) is 22.1. The monoisotopic (exact) mass is 483 g/mol.